The fraction of sp³-hybridized carbons (Fsp3) is 0.381. The van der Waals surface area contributed by atoms with Crippen LogP contribution < -0.4 is 0 Å². The van der Waals surface area contributed by atoms with Crippen molar-refractivity contribution in [2.75, 3.05) is 26.2 Å². The lowest BCUT2D eigenvalue weighted by molar-refractivity contribution is 0.0458. The van der Waals surface area contributed by atoms with E-state index < -0.39 is 5.54 Å². The quantitative estimate of drug-likeness (QED) is 0.838. The molecule has 2 aromatic rings. The lowest BCUT2D eigenvalue weighted by atomic mass is 9.79. The van der Waals surface area contributed by atoms with Gasteiger partial charge in [-0.3, -0.25) is 9.80 Å². The van der Waals surface area contributed by atoms with Crippen molar-refractivity contribution in [1.82, 2.24) is 9.80 Å². The number of amides is 1. The van der Waals surface area contributed by atoms with E-state index in [1.165, 1.54) is 11.6 Å². The molecule has 136 valence electrons. The number of hydrogen-bond donors (Lipinski definition) is 0. The van der Waals surface area contributed by atoms with Crippen molar-refractivity contribution < 1.29 is 13.9 Å². The van der Waals surface area contributed by atoms with Crippen LogP contribution in [0.1, 0.15) is 24.0 Å². The highest BCUT2D eigenvalue weighted by Gasteiger charge is 2.46. The van der Waals surface area contributed by atoms with Crippen LogP contribution in [0.2, 0.25) is 0 Å². The number of likely N-dealkylation sites (tertiary alicyclic amines) is 1. The van der Waals surface area contributed by atoms with Crippen LogP contribution in [-0.4, -0.2) is 42.1 Å². The topological polar surface area (TPSA) is 32.8 Å². The molecule has 2 aliphatic rings. The number of rotatable bonds is 4. The maximum absolute atomic E-state index is 13.9. The first-order valence-electron chi connectivity index (χ1n) is 9.14. The summed E-state index contributed by atoms with van der Waals surface area (Å²) in [5.41, 5.74) is 1.67. The van der Waals surface area contributed by atoms with Gasteiger partial charge in [0, 0.05) is 19.6 Å². The lowest BCUT2D eigenvalue weighted by Gasteiger charge is -2.46. The second-order valence-corrected chi connectivity index (χ2v) is 7.07. The van der Waals surface area contributed by atoms with Gasteiger partial charge in [-0.2, -0.15) is 0 Å². The average Bonchev–Trinajstić information content (AvgIpc) is 3.10. The number of cyclic esters (lactones) is 1. The van der Waals surface area contributed by atoms with Gasteiger partial charge in [0.15, 0.2) is 0 Å². The van der Waals surface area contributed by atoms with E-state index in [2.05, 4.69) is 29.2 Å². The van der Waals surface area contributed by atoms with Gasteiger partial charge in [0.05, 0.1) is 12.1 Å². The van der Waals surface area contributed by atoms with Crippen LogP contribution in [0.15, 0.2) is 54.6 Å². The summed E-state index contributed by atoms with van der Waals surface area (Å²) in [6.45, 7) is 3.58. The summed E-state index contributed by atoms with van der Waals surface area (Å²) in [6, 6.07) is 17.1. The molecular formula is C21H23FN2O2. The molecule has 0 saturated carbocycles. The van der Waals surface area contributed by atoms with Gasteiger partial charge in [0.25, 0.3) is 0 Å². The Morgan fingerprint density at radius 1 is 1.00 bits per heavy atom. The Labute approximate surface area is 153 Å². The number of benzene rings is 2. The van der Waals surface area contributed by atoms with Gasteiger partial charge in [0.2, 0.25) is 0 Å². The Hall–Kier alpha value is -2.40. The molecule has 0 aliphatic carbocycles. The average molecular weight is 354 g/mol. The summed E-state index contributed by atoms with van der Waals surface area (Å²) in [5, 5.41) is 0. The van der Waals surface area contributed by atoms with Crippen LogP contribution in [-0.2, 0) is 16.8 Å². The molecule has 0 unspecified atom stereocenters. The Morgan fingerprint density at radius 2 is 1.77 bits per heavy atom. The standard InChI is InChI=1S/C21H23FN2O2/c22-19-8-4-7-18(15-19)21(24-13-14-26-20(24)25)9-11-23(12-10-21)16-17-5-2-1-3-6-17/h1-8,15H,9-14,16H2. The molecule has 0 bridgehead atoms. The van der Waals surface area contributed by atoms with E-state index in [1.807, 2.05) is 17.0 Å². The lowest BCUT2D eigenvalue weighted by Crippen LogP contribution is -2.53. The summed E-state index contributed by atoms with van der Waals surface area (Å²) in [4.78, 5) is 16.5. The van der Waals surface area contributed by atoms with Gasteiger partial charge >= 0.3 is 6.09 Å². The van der Waals surface area contributed by atoms with E-state index >= 15 is 0 Å². The van der Waals surface area contributed by atoms with Crippen molar-refractivity contribution in [3.05, 3.63) is 71.5 Å². The number of nitrogens with zero attached hydrogens (tertiary/aromatic N) is 2. The van der Waals surface area contributed by atoms with Crippen LogP contribution in [0.3, 0.4) is 0 Å². The molecule has 2 saturated heterocycles. The second kappa shape index (κ2) is 7.08. The van der Waals surface area contributed by atoms with Crippen LogP contribution >= 0.6 is 0 Å². The number of ether oxygens (including phenoxy) is 1. The third-order valence-electron chi connectivity index (χ3n) is 5.57. The Morgan fingerprint density at radius 3 is 2.42 bits per heavy atom. The van der Waals surface area contributed by atoms with Gasteiger partial charge in [-0.1, -0.05) is 42.5 Å². The van der Waals surface area contributed by atoms with Gasteiger partial charge in [0.1, 0.15) is 12.4 Å². The van der Waals surface area contributed by atoms with E-state index in [0.29, 0.717) is 13.2 Å². The van der Waals surface area contributed by atoms with E-state index in [4.69, 9.17) is 4.74 Å². The molecule has 4 nitrogen and oxygen atoms in total. The molecule has 0 spiro atoms. The number of carbonyl (C=O) groups is 1. The number of halogens is 1. The maximum Gasteiger partial charge on any atom is 0.410 e. The minimum Gasteiger partial charge on any atom is -0.448 e. The third kappa shape index (κ3) is 3.19. The molecule has 2 aliphatic heterocycles. The van der Waals surface area contributed by atoms with Crippen molar-refractivity contribution in [1.29, 1.82) is 0 Å². The molecular weight excluding hydrogens is 331 g/mol. The second-order valence-electron chi connectivity index (χ2n) is 7.07. The van der Waals surface area contributed by atoms with Gasteiger partial charge in [-0.05, 0) is 36.1 Å². The largest absolute Gasteiger partial charge is 0.448 e. The van der Waals surface area contributed by atoms with E-state index in [0.717, 1.165) is 38.0 Å². The zero-order valence-electron chi connectivity index (χ0n) is 14.7. The highest BCUT2D eigenvalue weighted by Crippen LogP contribution is 2.41. The van der Waals surface area contributed by atoms with Crippen LogP contribution in [0.4, 0.5) is 9.18 Å². The zero-order chi connectivity index (χ0) is 18.0. The van der Waals surface area contributed by atoms with Crippen LogP contribution in [0.5, 0.6) is 0 Å². The number of carbonyl (C=O) groups excluding carboxylic acids is 1. The zero-order valence-corrected chi connectivity index (χ0v) is 14.7. The molecule has 0 atom stereocenters. The first kappa shape index (κ1) is 17.0. The molecule has 0 N–H and O–H groups in total. The summed E-state index contributed by atoms with van der Waals surface area (Å²) in [5.74, 6) is -0.263. The Bertz CT molecular complexity index is 773. The van der Waals surface area contributed by atoms with Crippen molar-refractivity contribution >= 4 is 6.09 Å². The van der Waals surface area contributed by atoms with Gasteiger partial charge in [-0.15, -0.1) is 0 Å². The predicted molar refractivity (Wildman–Crippen MR) is 97.1 cm³/mol. The van der Waals surface area contributed by atoms with Crippen molar-refractivity contribution in [3.8, 4) is 0 Å². The summed E-state index contributed by atoms with van der Waals surface area (Å²) in [6.07, 6.45) is 1.27. The molecule has 1 amide bonds. The molecule has 0 radical (unpaired) electrons. The fourth-order valence-corrected chi connectivity index (χ4v) is 4.20. The molecule has 0 aromatic heterocycles. The van der Waals surface area contributed by atoms with Crippen molar-refractivity contribution in [3.63, 3.8) is 0 Å². The normalized spacial score (nSPS) is 20.2. The molecule has 5 heteroatoms. The maximum atomic E-state index is 13.9. The molecule has 2 aromatic carbocycles. The minimum absolute atomic E-state index is 0.263. The minimum atomic E-state index is -0.483. The predicted octanol–water partition coefficient (Wildman–Crippen LogP) is 3.77. The highest BCUT2D eigenvalue weighted by atomic mass is 19.1. The Balaban J connectivity index is 1.57. The van der Waals surface area contributed by atoms with E-state index in [1.54, 1.807) is 12.1 Å². The first-order valence-corrected chi connectivity index (χ1v) is 9.14. The molecule has 2 fully saturated rings. The molecule has 2 heterocycles. The SMILES string of the molecule is O=C1OCCN1C1(c2cccc(F)c2)CCN(Cc2ccccc2)CC1. The summed E-state index contributed by atoms with van der Waals surface area (Å²) in [7, 11) is 0. The molecule has 4 rings (SSSR count). The van der Waals surface area contributed by atoms with E-state index in [9.17, 15) is 9.18 Å². The fourth-order valence-electron chi connectivity index (χ4n) is 4.20. The smallest absolute Gasteiger partial charge is 0.410 e. The monoisotopic (exact) mass is 354 g/mol. The van der Waals surface area contributed by atoms with Crippen molar-refractivity contribution in [2.45, 2.75) is 24.9 Å². The molecule has 26 heavy (non-hydrogen) atoms. The Kier molecular flexibility index (Phi) is 4.64. The van der Waals surface area contributed by atoms with Gasteiger partial charge < -0.3 is 4.74 Å². The van der Waals surface area contributed by atoms with Crippen LogP contribution in [0, 0.1) is 5.82 Å². The summed E-state index contributed by atoms with van der Waals surface area (Å²) >= 11 is 0. The first-order chi connectivity index (χ1) is 12.7. The highest BCUT2D eigenvalue weighted by molar-refractivity contribution is 5.71. The van der Waals surface area contributed by atoms with Gasteiger partial charge in [-0.25, -0.2) is 9.18 Å². The van der Waals surface area contributed by atoms with Crippen LogP contribution in [0.25, 0.3) is 0 Å². The third-order valence-corrected chi connectivity index (χ3v) is 5.57. The number of hydrogen-bond acceptors (Lipinski definition) is 3. The van der Waals surface area contributed by atoms with E-state index in [-0.39, 0.29) is 11.9 Å². The number of piperidine rings is 1. The summed E-state index contributed by atoms with van der Waals surface area (Å²) < 4.78 is 19.1. The van der Waals surface area contributed by atoms with Crippen molar-refractivity contribution in [2.24, 2.45) is 0 Å².